The van der Waals surface area contributed by atoms with Crippen LogP contribution in [0.25, 0.3) is 0 Å². The second kappa shape index (κ2) is 56.2. The van der Waals surface area contributed by atoms with E-state index >= 15 is 0 Å². The lowest BCUT2D eigenvalue weighted by atomic mass is 10.0. The topological polar surface area (TPSA) is 134 Å². The van der Waals surface area contributed by atoms with Gasteiger partial charge >= 0.3 is 19.8 Å². The molecule has 71 heavy (non-hydrogen) atoms. The Bertz CT molecular complexity index is 1480. The fraction of sp³-hybridized carbons (Fsp3) is 0.705. The minimum absolute atomic E-state index is 0.0488. The summed E-state index contributed by atoms with van der Waals surface area (Å²) in [6, 6.07) is 0. The van der Waals surface area contributed by atoms with Crippen LogP contribution in [-0.2, 0) is 32.7 Å². The number of unbranched alkanes of at least 4 members (excludes halogenated alkanes) is 24. The third-order valence-electron chi connectivity index (χ3n) is 12.0. The van der Waals surface area contributed by atoms with Crippen molar-refractivity contribution in [3.05, 3.63) is 97.2 Å². The molecule has 0 saturated heterocycles. The SMILES string of the molecule is CC/C=C\C/C=C\C/C=C\C/C=C\C/C=C\C/C=C\CCCCCCCCCCCCCCCCC(=O)OC(COC(=O)CCCCCCCCC/C=C\C/C=C\CCCCC)COP(=O)(O)OCCN. The lowest BCUT2D eigenvalue weighted by molar-refractivity contribution is -0.161. The van der Waals surface area contributed by atoms with E-state index < -0.39 is 26.5 Å². The average Bonchev–Trinajstić information content (AvgIpc) is 3.36. The summed E-state index contributed by atoms with van der Waals surface area (Å²) in [6.07, 6.45) is 74.6. The molecule has 0 aromatic carbocycles. The Morgan fingerprint density at radius 2 is 0.775 bits per heavy atom. The van der Waals surface area contributed by atoms with E-state index in [9.17, 15) is 19.0 Å². The molecule has 0 radical (unpaired) electrons. The highest BCUT2D eigenvalue weighted by molar-refractivity contribution is 7.47. The Hall–Kier alpha value is -3.07. The number of phosphoric acid groups is 1. The fourth-order valence-corrected chi connectivity index (χ4v) is 8.49. The Labute approximate surface area is 436 Å². The van der Waals surface area contributed by atoms with Gasteiger partial charge in [-0.1, -0.05) is 233 Å². The third-order valence-corrected chi connectivity index (χ3v) is 12.9. The molecule has 0 aliphatic rings. The molecular formula is C61H106NO8P. The number of rotatable bonds is 53. The number of carbonyl (C=O) groups is 2. The van der Waals surface area contributed by atoms with E-state index in [2.05, 4.69) is 111 Å². The molecule has 0 rings (SSSR count). The largest absolute Gasteiger partial charge is 0.472 e. The number of esters is 2. The van der Waals surface area contributed by atoms with Gasteiger partial charge in [-0.05, 0) is 96.3 Å². The van der Waals surface area contributed by atoms with Gasteiger partial charge in [-0.25, -0.2) is 4.57 Å². The molecule has 0 heterocycles. The van der Waals surface area contributed by atoms with Crippen molar-refractivity contribution in [3.63, 3.8) is 0 Å². The van der Waals surface area contributed by atoms with Crippen molar-refractivity contribution >= 4 is 19.8 Å². The predicted octanol–water partition coefficient (Wildman–Crippen LogP) is 18.1. The van der Waals surface area contributed by atoms with E-state index in [1.165, 1.54) is 116 Å². The van der Waals surface area contributed by atoms with Crippen LogP contribution in [0.1, 0.15) is 245 Å². The van der Waals surface area contributed by atoms with Crippen molar-refractivity contribution in [2.45, 2.75) is 251 Å². The molecule has 2 atom stereocenters. The monoisotopic (exact) mass is 1010 g/mol. The van der Waals surface area contributed by atoms with Crippen molar-refractivity contribution < 1.29 is 37.6 Å². The molecule has 0 aromatic heterocycles. The molecule has 0 aliphatic carbocycles. The summed E-state index contributed by atoms with van der Waals surface area (Å²) >= 11 is 0. The summed E-state index contributed by atoms with van der Waals surface area (Å²) in [5, 5.41) is 0. The average molecular weight is 1010 g/mol. The zero-order chi connectivity index (χ0) is 51.7. The molecule has 0 spiro atoms. The molecule has 0 bridgehead atoms. The maximum absolute atomic E-state index is 12.7. The summed E-state index contributed by atoms with van der Waals surface area (Å²) in [4.78, 5) is 35.1. The minimum atomic E-state index is -4.39. The maximum Gasteiger partial charge on any atom is 0.472 e. The number of carbonyl (C=O) groups excluding carboxylic acids is 2. The van der Waals surface area contributed by atoms with Crippen molar-refractivity contribution in [3.8, 4) is 0 Å². The second-order valence-electron chi connectivity index (χ2n) is 18.8. The van der Waals surface area contributed by atoms with Crippen LogP contribution in [-0.4, -0.2) is 49.3 Å². The van der Waals surface area contributed by atoms with Crippen molar-refractivity contribution in [1.29, 1.82) is 0 Å². The predicted molar refractivity (Wildman–Crippen MR) is 302 cm³/mol. The second-order valence-corrected chi connectivity index (χ2v) is 20.2. The first kappa shape index (κ1) is 67.9. The van der Waals surface area contributed by atoms with Gasteiger partial charge < -0.3 is 20.1 Å². The first-order chi connectivity index (χ1) is 34.8. The van der Waals surface area contributed by atoms with Gasteiger partial charge in [0.05, 0.1) is 13.2 Å². The van der Waals surface area contributed by atoms with Crippen LogP contribution in [0.3, 0.4) is 0 Å². The molecule has 9 nitrogen and oxygen atoms in total. The van der Waals surface area contributed by atoms with E-state index in [1.54, 1.807) is 0 Å². The third kappa shape index (κ3) is 56.1. The molecule has 0 fully saturated rings. The van der Waals surface area contributed by atoms with Crippen LogP contribution in [0.4, 0.5) is 0 Å². The Balaban J connectivity index is 3.95. The summed E-state index contributed by atoms with van der Waals surface area (Å²) < 4.78 is 33.0. The van der Waals surface area contributed by atoms with Crippen LogP contribution in [0.2, 0.25) is 0 Å². The molecule has 0 amide bonds. The van der Waals surface area contributed by atoms with Gasteiger partial charge in [0.2, 0.25) is 0 Å². The van der Waals surface area contributed by atoms with Crippen LogP contribution in [0.15, 0.2) is 97.2 Å². The quantitative estimate of drug-likeness (QED) is 0.0264. The van der Waals surface area contributed by atoms with Gasteiger partial charge in [0, 0.05) is 19.4 Å². The van der Waals surface area contributed by atoms with Crippen LogP contribution >= 0.6 is 7.82 Å². The molecule has 0 aromatic rings. The van der Waals surface area contributed by atoms with Crippen LogP contribution in [0.5, 0.6) is 0 Å². The highest BCUT2D eigenvalue weighted by atomic mass is 31.2. The summed E-state index contributed by atoms with van der Waals surface area (Å²) in [7, 11) is -4.39. The summed E-state index contributed by atoms with van der Waals surface area (Å²) in [6.45, 7) is 3.60. The van der Waals surface area contributed by atoms with Crippen LogP contribution < -0.4 is 5.73 Å². The number of nitrogens with two attached hydrogens (primary N) is 1. The first-order valence-electron chi connectivity index (χ1n) is 28.7. The number of allylic oxidation sites excluding steroid dienone is 16. The van der Waals surface area contributed by atoms with Gasteiger partial charge in [-0.2, -0.15) is 0 Å². The summed E-state index contributed by atoms with van der Waals surface area (Å²) in [5.41, 5.74) is 5.38. The highest BCUT2D eigenvalue weighted by Crippen LogP contribution is 2.43. The Morgan fingerprint density at radius 3 is 1.15 bits per heavy atom. The smallest absolute Gasteiger partial charge is 0.462 e. The standard InChI is InChI=1S/C61H106NO8P/c1-3-5-7-9-11-13-15-17-19-21-22-23-24-25-26-27-28-29-30-31-32-33-34-35-36-38-40-42-44-46-48-50-52-54-61(64)70-59(58-69-71(65,66)68-56-55-62)57-67-60(63)53-51-49-47-45-43-41-39-37-20-18-16-14-12-10-8-6-4-2/h5,7,11-14,17-20,22-23,25-26,28-29,59H,3-4,6,8-10,15-16,21,24,27,30-58,62H2,1-2H3,(H,65,66)/b7-5-,13-11-,14-12-,19-17-,20-18-,23-22-,26-25-,29-28-. The summed E-state index contributed by atoms with van der Waals surface area (Å²) in [5.74, 6) is -0.837. The maximum atomic E-state index is 12.7. The van der Waals surface area contributed by atoms with E-state index in [0.717, 1.165) is 96.3 Å². The van der Waals surface area contributed by atoms with Crippen LogP contribution in [0, 0.1) is 0 Å². The lowest BCUT2D eigenvalue weighted by Crippen LogP contribution is -2.29. The van der Waals surface area contributed by atoms with Gasteiger partial charge in [-0.3, -0.25) is 18.6 Å². The molecule has 0 saturated carbocycles. The molecule has 0 aliphatic heterocycles. The first-order valence-corrected chi connectivity index (χ1v) is 30.2. The number of hydrogen-bond donors (Lipinski definition) is 2. The van der Waals surface area contributed by atoms with E-state index in [1.807, 2.05) is 0 Å². The highest BCUT2D eigenvalue weighted by Gasteiger charge is 2.26. The fourth-order valence-electron chi connectivity index (χ4n) is 7.73. The van der Waals surface area contributed by atoms with Gasteiger partial charge in [0.15, 0.2) is 6.10 Å². The van der Waals surface area contributed by atoms with Gasteiger partial charge in [-0.15, -0.1) is 0 Å². The van der Waals surface area contributed by atoms with Gasteiger partial charge in [0.25, 0.3) is 0 Å². The van der Waals surface area contributed by atoms with E-state index in [4.69, 9.17) is 24.3 Å². The zero-order valence-electron chi connectivity index (χ0n) is 45.4. The molecule has 3 N–H and O–H groups in total. The molecular weight excluding hydrogens is 906 g/mol. The van der Waals surface area contributed by atoms with E-state index in [-0.39, 0.29) is 38.6 Å². The van der Waals surface area contributed by atoms with Crippen molar-refractivity contribution in [2.24, 2.45) is 5.73 Å². The minimum Gasteiger partial charge on any atom is -0.462 e. The van der Waals surface area contributed by atoms with E-state index in [0.29, 0.717) is 6.42 Å². The lowest BCUT2D eigenvalue weighted by Gasteiger charge is -2.19. The molecule has 408 valence electrons. The Kier molecular flexibility index (Phi) is 53.8. The zero-order valence-corrected chi connectivity index (χ0v) is 46.3. The van der Waals surface area contributed by atoms with Crippen molar-refractivity contribution in [2.75, 3.05) is 26.4 Å². The number of hydrogen-bond acceptors (Lipinski definition) is 8. The number of phosphoric ester groups is 1. The molecule has 10 heteroatoms. The molecule has 2 unspecified atom stereocenters. The Morgan fingerprint density at radius 1 is 0.437 bits per heavy atom. The van der Waals surface area contributed by atoms with Gasteiger partial charge in [0.1, 0.15) is 6.61 Å². The number of ether oxygens (including phenoxy) is 2. The van der Waals surface area contributed by atoms with Crippen molar-refractivity contribution in [1.82, 2.24) is 0 Å². The normalized spacial score (nSPS) is 13.8.